The molecule has 4 rings (SSSR count). The number of rotatable bonds is 6. The zero-order chi connectivity index (χ0) is 18.5. The van der Waals surface area contributed by atoms with Crippen molar-refractivity contribution in [1.29, 1.82) is 0 Å². The van der Waals surface area contributed by atoms with E-state index in [4.69, 9.17) is 14.0 Å². The summed E-state index contributed by atoms with van der Waals surface area (Å²) < 4.78 is 16.3. The van der Waals surface area contributed by atoms with Crippen molar-refractivity contribution in [3.05, 3.63) is 60.2 Å². The third-order valence-electron chi connectivity index (χ3n) is 4.30. The predicted molar refractivity (Wildman–Crippen MR) is 104 cm³/mol. The number of methoxy groups -OCH3 is 1. The van der Waals surface area contributed by atoms with Gasteiger partial charge in [-0.3, -0.25) is 0 Å². The van der Waals surface area contributed by atoms with Crippen LogP contribution in [-0.2, 0) is 13.2 Å². The van der Waals surface area contributed by atoms with Crippen molar-refractivity contribution >= 4 is 17.4 Å². The van der Waals surface area contributed by atoms with E-state index in [-0.39, 0.29) is 6.61 Å². The Balaban J connectivity index is 1.39. The SMILES string of the molecule is COc1ccc(OCc2noc(CN3CCCSc4ccccc43)n2)cc1. The minimum Gasteiger partial charge on any atom is -0.497 e. The van der Waals surface area contributed by atoms with Crippen molar-refractivity contribution < 1.29 is 14.0 Å². The number of aromatic nitrogens is 2. The molecule has 3 aromatic rings. The highest BCUT2D eigenvalue weighted by atomic mass is 32.2. The number of nitrogens with zero attached hydrogens (tertiary/aromatic N) is 3. The van der Waals surface area contributed by atoms with Crippen LogP contribution in [0.5, 0.6) is 11.5 Å². The molecule has 1 aromatic heterocycles. The molecule has 0 unspecified atom stereocenters. The molecule has 7 heteroatoms. The summed E-state index contributed by atoms with van der Waals surface area (Å²) in [7, 11) is 1.64. The van der Waals surface area contributed by atoms with Gasteiger partial charge in [0, 0.05) is 11.4 Å². The van der Waals surface area contributed by atoms with Gasteiger partial charge in [0.15, 0.2) is 6.61 Å². The Morgan fingerprint density at radius 1 is 1.11 bits per heavy atom. The Kier molecular flexibility index (Phi) is 5.48. The standard InChI is InChI=1S/C20H21N3O3S/c1-24-15-7-9-16(10-8-15)25-14-19-21-20(26-22-19)13-23-11-4-12-27-18-6-3-2-5-17(18)23/h2-3,5-10H,4,11-14H2,1H3. The highest BCUT2D eigenvalue weighted by Crippen LogP contribution is 2.34. The van der Waals surface area contributed by atoms with E-state index in [0.717, 1.165) is 30.2 Å². The molecule has 1 aliphatic rings. The Hall–Kier alpha value is -2.67. The molecular weight excluding hydrogens is 362 g/mol. The van der Waals surface area contributed by atoms with E-state index in [1.165, 1.54) is 10.6 Å². The molecule has 0 amide bonds. The van der Waals surface area contributed by atoms with E-state index in [0.29, 0.717) is 18.3 Å². The van der Waals surface area contributed by atoms with Crippen molar-refractivity contribution in [2.45, 2.75) is 24.5 Å². The molecule has 6 nitrogen and oxygen atoms in total. The van der Waals surface area contributed by atoms with E-state index in [1.54, 1.807) is 7.11 Å². The molecule has 0 bridgehead atoms. The van der Waals surface area contributed by atoms with Crippen LogP contribution in [0.2, 0.25) is 0 Å². The van der Waals surface area contributed by atoms with Crippen molar-refractivity contribution in [2.75, 3.05) is 24.3 Å². The summed E-state index contributed by atoms with van der Waals surface area (Å²) in [6, 6.07) is 15.9. The zero-order valence-corrected chi connectivity index (χ0v) is 15.9. The topological polar surface area (TPSA) is 60.6 Å². The first-order valence-corrected chi connectivity index (χ1v) is 9.85. The molecule has 0 aliphatic carbocycles. The van der Waals surface area contributed by atoms with Crippen molar-refractivity contribution in [1.82, 2.24) is 10.1 Å². The quantitative estimate of drug-likeness (QED) is 0.633. The van der Waals surface area contributed by atoms with Gasteiger partial charge in [-0.05, 0) is 48.6 Å². The maximum atomic E-state index is 5.71. The lowest BCUT2D eigenvalue weighted by Gasteiger charge is -2.22. The lowest BCUT2D eigenvalue weighted by atomic mass is 10.2. The molecule has 0 saturated carbocycles. The fraction of sp³-hybridized carbons (Fsp3) is 0.300. The monoisotopic (exact) mass is 383 g/mol. The second-order valence-electron chi connectivity index (χ2n) is 6.16. The van der Waals surface area contributed by atoms with Crippen LogP contribution in [0.3, 0.4) is 0 Å². The molecule has 0 fully saturated rings. The third kappa shape index (κ3) is 4.36. The lowest BCUT2D eigenvalue weighted by molar-refractivity contribution is 0.284. The average molecular weight is 383 g/mol. The number of anilines is 1. The molecule has 2 heterocycles. The minimum atomic E-state index is 0.266. The second-order valence-corrected chi connectivity index (χ2v) is 7.30. The summed E-state index contributed by atoms with van der Waals surface area (Å²) in [5.41, 5.74) is 1.23. The minimum absolute atomic E-state index is 0.266. The van der Waals surface area contributed by atoms with Crippen LogP contribution in [0.1, 0.15) is 18.1 Å². The molecule has 1 aliphatic heterocycles. The van der Waals surface area contributed by atoms with Crippen LogP contribution in [-0.4, -0.2) is 29.5 Å². The first-order valence-electron chi connectivity index (χ1n) is 8.87. The number of thioether (sulfide) groups is 1. The van der Waals surface area contributed by atoms with Crippen LogP contribution >= 0.6 is 11.8 Å². The number of hydrogen-bond donors (Lipinski definition) is 0. The van der Waals surface area contributed by atoms with Gasteiger partial charge in [0.25, 0.3) is 0 Å². The maximum Gasteiger partial charge on any atom is 0.246 e. The predicted octanol–water partition coefficient (Wildman–Crippen LogP) is 4.16. The third-order valence-corrected chi connectivity index (χ3v) is 5.45. The summed E-state index contributed by atoms with van der Waals surface area (Å²) in [4.78, 5) is 8.09. The number of hydrogen-bond acceptors (Lipinski definition) is 7. The van der Waals surface area contributed by atoms with E-state index in [1.807, 2.05) is 36.0 Å². The van der Waals surface area contributed by atoms with E-state index >= 15 is 0 Å². The van der Waals surface area contributed by atoms with Gasteiger partial charge in [0.2, 0.25) is 11.7 Å². The van der Waals surface area contributed by atoms with Crippen LogP contribution in [0, 0.1) is 0 Å². The highest BCUT2D eigenvalue weighted by Gasteiger charge is 2.18. The van der Waals surface area contributed by atoms with Crippen LogP contribution in [0.25, 0.3) is 0 Å². The smallest absolute Gasteiger partial charge is 0.246 e. The molecule has 140 valence electrons. The van der Waals surface area contributed by atoms with Gasteiger partial charge in [-0.25, -0.2) is 0 Å². The highest BCUT2D eigenvalue weighted by molar-refractivity contribution is 7.99. The molecular formula is C20H21N3O3S. The summed E-state index contributed by atoms with van der Waals surface area (Å²) in [5, 5.41) is 4.04. The van der Waals surface area contributed by atoms with Crippen molar-refractivity contribution in [3.63, 3.8) is 0 Å². The van der Waals surface area contributed by atoms with E-state index < -0.39 is 0 Å². The molecule has 0 saturated heterocycles. The Bertz CT molecular complexity index is 882. The molecule has 0 spiro atoms. The molecule has 0 radical (unpaired) electrons. The van der Waals surface area contributed by atoms with Crippen LogP contribution in [0.4, 0.5) is 5.69 Å². The normalized spacial score (nSPS) is 13.7. The maximum absolute atomic E-state index is 5.71. The number of benzene rings is 2. The summed E-state index contributed by atoms with van der Waals surface area (Å²) >= 11 is 1.90. The summed E-state index contributed by atoms with van der Waals surface area (Å²) in [6.45, 7) is 1.85. The molecule has 0 atom stereocenters. The van der Waals surface area contributed by atoms with Crippen LogP contribution in [0.15, 0.2) is 57.9 Å². The van der Waals surface area contributed by atoms with Crippen molar-refractivity contribution in [2.24, 2.45) is 0 Å². The zero-order valence-electron chi connectivity index (χ0n) is 15.1. The lowest BCUT2D eigenvalue weighted by Crippen LogP contribution is -2.23. The average Bonchev–Trinajstić information content (AvgIpc) is 3.07. The fourth-order valence-corrected chi connectivity index (χ4v) is 3.97. The van der Waals surface area contributed by atoms with Gasteiger partial charge < -0.3 is 18.9 Å². The number of para-hydroxylation sites is 1. The van der Waals surface area contributed by atoms with Gasteiger partial charge in [0.05, 0.1) is 19.3 Å². The van der Waals surface area contributed by atoms with E-state index in [9.17, 15) is 0 Å². The van der Waals surface area contributed by atoms with Crippen LogP contribution < -0.4 is 14.4 Å². The number of ether oxygens (including phenoxy) is 2. The van der Waals surface area contributed by atoms with Gasteiger partial charge in [-0.2, -0.15) is 4.98 Å². The van der Waals surface area contributed by atoms with Gasteiger partial charge in [-0.1, -0.05) is 17.3 Å². The van der Waals surface area contributed by atoms with Gasteiger partial charge in [-0.15, -0.1) is 11.8 Å². The largest absolute Gasteiger partial charge is 0.497 e. The molecule has 27 heavy (non-hydrogen) atoms. The first kappa shape index (κ1) is 17.7. The molecule has 0 N–H and O–H groups in total. The molecule has 2 aromatic carbocycles. The Morgan fingerprint density at radius 3 is 2.78 bits per heavy atom. The van der Waals surface area contributed by atoms with Crippen molar-refractivity contribution in [3.8, 4) is 11.5 Å². The van der Waals surface area contributed by atoms with Gasteiger partial charge >= 0.3 is 0 Å². The second kappa shape index (κ2) is 8.35. The fourth-order valence-electron chi connectivity index (χ4n) is 2.96. The van der Waals surface area contributed by atoms with Gasteiger partial charge in [0.1, 0.15) is 11.5 Å². The Morgan fingerprint density at radius 2 is 1.93 bits per heavy atom. The Labute approximate surface area is 162 Å². The summed E-state index contributed by atoms with van der Waals surface area (Å²) in [5.74, 6) is 3.79. The number of fused-ring (bicyclic) bond motifs is 1. The summed E-state index contributed by atoms with van der Waals surface area (Å²) in [6.07, 6.45) is 1.13. The first-order chi connectivity index (χ1) is 13.3. The van der Waals surface area contributed by atoms with E-state index in [2.05, 4.69) is 39.3 Å².